The second-order valence-corrected chi connectivity index (χ2v) is 5.88. The molecule has 4 nitrogen and oxygen atoms in total. The van der Waals surface area contributed by atoms with Gasteiger partial charge in [0.25, 0.3) is 0 Å². The quantitative estimate of drug-likeness (QED) is 0.904. The fourth-order valence-electron chi connectivity index (χ4n) is 1.92. The van der Waals surface area contributed by atoms with E-state index in [9.17, 15) is 0 Å². The van der Waals surface area contributed by atoms with Gasteiger partial charge in [0.05, 0.1) is 5.56 Å². The second-order valence-electron chi connectivity index (χ2n) is 5.88. The number of nitrogen functional groups attached to an aromatic ring is 1. The van der Waals surface area contributed by atoms with E-state index in [0.717, 1.165) is 11.3 Å². The predicted molar refractivity (Wildman–Crippen MR) is 85.9 cm³/mol. The molecule has 2 rings (SSSR count). The molecule has 112 valence electrons. The highest BCUT2D eigenvalue weighted by Gasteiger charge is 2.13. The van der Waals surface area contributed by atoms with Crippen molar-refractivity contribution in [3.05, 3.63) is 41.2 Å². The maximum absolute atomic E-state index is 5.95. The third kappa shape index (κ3) is 3.51. The highest BCUT2D eigenvalue weighted by molar-refractivity contribution is 5.46. The van der Waals surface area contributed by atoms with Crippen LogP contribution in [0.2, 0.25) is 0 Å². The molecule has 1 aromatic heterocycles. The van der Waals surface area contributed by atoms with E-state index < -0.39 is 0 Å². The minimum atomic E-state index is 0.207. The molecule has 0 radical (unpaired) electrons. The Balaban J connectivity index is 2.30. The van der Waals surface area contributed by atoms with E-state index >= 15 is 0 Å². The number of benzene rings is 1. The Morgan fingerprint density at radius 1 is 0.952 bits per heavy atom. The molecular formula is C17H23N3O. The Kier molecular flexibility index (Phi) is 4.46. The molecule has 4 heteroatoms. The molecule has 0 aliphatic carbocycles. The molecule has 0 saturated carbocycles. The number of hydrogen-bond acceptors (Lipinski definition) is 4. The summed E-state index contributed by atoms with van der Waals surface area (Å²) in [5, 5.41) is 0. The molecule has 0 atom stereocenters. The second kappa shape index (κ2) is 6.12. The zero-order chi connectivity index (χ0) is 15.6. The molecule has 2 N–H and O–H groups in total. The van der Waals surface area contributed by atoms with Gasteiger partial charge in [0.1, 0.15) is 17.4 Å². The van der Waals surface area contributed by atoms with Crippen LogP contribution in [0.4, 0.5) is 5.82 Å². The van der Waals surface area contributed by atoms with Gasteiger partial charge in [-0.3, -0.25) is 0 Å². The summed E-state index contributed by atoms with van der Waals surface area (Å²) in [5.74, 6) is 3.18. The number of aromatic nitrogens is 2. The van der Waals surface area contributed by atoms with E-state index in [1.807, 2.05) is 32.9 Å². The third-order valence-electron chi connectivity index (χ3n) is 3.43. The monoisotopic (exact) mass is 285 g/mol. The van der Waals surface area contributed by atoms with Crippen LogP contribution in [-0.2, 0) is 0 Å². The van der Waals surface area contributed by atoms with E-state index in [0.29, 0.717) is 23.4 Å². The Bertz CT molecular complexity index is 619. The smallest absolute Gasteiger partial charge is 0.227 e. The number of nitrogens with zero attached hydrogens (tertiary/aromatic N) is 2. The fraction of sp³-hybridized carbons (Fsp3) is 0.412. The number of rotatable bonds is 4. The molecule has 0 aliphatic rings. The first-order valence-electron chi connectivity index (χ1n) is 7.30. The van der Waals surface area contributed by atoms with Gasteiger partial charge in [-0.1, -0.05) is 39.8 Å². The Morgan fingerprint density at radius 3 is 2.10 bits per heavy atom. The van der Waals surface area contributed by atoms with Gasteiger partial charge >= 0.3 is 0 Å². The first-order valence-corrected chi connectivity index (χ1v) is 7.30. The fourth-order valence-corrected chi connectivity index (χ4v) is 1.92. The van der Waals surface area contributed by atoms with Gasteiger partial charge in [-0.25, -0.2) is 4.98 Å². The molecule has 0 saturated heterocycles. The van der Waals surface area contributed by atoms with Gasteiger partial charge < -0.3 is 10.5 Å². The summed E-state index contributed by atoms with van der Waals surface area (Å²) in [5.41, 5.74) is 8.00. The van der Waals surface area contributed by atoms with Crippen molar-refractivity contribution in [1.82, 2.24) is 9.97 Å². The van der Waals surface area contributed by atoms with E-state index in [2.05, 4.69) is 35.9 Å². The van der Waals surface area contributed by atoms with E-state index in [4.69, 9.17) is 10.5 Å². The summed E-state index contributed by atoms with van der Waals surface area (Å²) in [6, 6.07) is 8.07. The standard InChI is InChI=1S/C17H23N3O/c1-10(2)13-6-8-14(9-7-13)21-17-12(5)15(18)19-16(20-17)11(3)4/h6-11H,1-5H3,(H2,18,19,20). The molecular weight excluding hydrogens is 262 g/mol. The lowest BCUT2D eigenvalue weighted by Gasteiger charge is -2.13. The minimum absolute atomic E-state index is 0.207. The molecule has 0 unspecified atom stereocenters. The summed E-state index contributed by atoms with van der Waals surface area (Å²) in [6.45, 7) is 10.3. The summed E-state index contributed by atoms with van der Waals surface area (Å²) >= 11 is 0. The van der Waals surface area contributed by atoms with Gasteiger partial charge in [-0.05, 0) is 30.5 Å². The Hall–Kier alpha value is -2.10. The SMILES string of the molecule is Cc1c(N)nc(C(C)C)nc1Oc1ccc(C(C)C)cc1. The lowest BCUT2D eigenvalue weighted by atomic mass is 10.0. The summed E-state index contributed by atoms with van der Waals surface area (Å²) < 4.78 is 5.88. The van der Waals surface area contributed by atoms with Crippen molar-refractivity contribution in [2.24, 2.45) is 0 Å². The summed E-state index contributed by atoms with van der Waals surface area (Å²) in [4.78, 5) is 8.77. The number of nitrogens with two attached hydrogens (primary N) is 1. The van der Waals surface area contributed by atoms with Crippen LogP contribution in [0.3, 0.4) is 0 Å². The molecule has 2 aromatic rings. The highest BCUT2D eigenvalue weighted by Crippen LogP contribution is 2.28. The molecule has 0 amide bonds. The van der Waals surface area contributed by atoms with Crippen molar-refractivity contribution in [3.63, 3.8) is 0 Å². The lowest BCUT2D eigenvalue weighted by Crippen LogP contribution is -2.06. The molecule has 21 heavy (non-hydrogen) atoms. The van der Waals surface area contributed by atoms with Gasteiger partial charge in [0.15, 0.2) is 0 Å². The minimum Gasteiger partial charge on any atom is -0.439 e. The maximum atomic E-state index is 5.95. The molecule has 0 fully saturated rings. The van der Waals surface area contributed by atoms with E-state index in [1.165, 1.54) is 5.56 Å². The van der Waals surface area contributed by atoms with Crippen molar-refractivity contribution in [3.8, 4) is 11.6 Å². The van der Waals surface area contributed by atoms with Gasteiger partial charge in [-0.15, -0.1) is 0 Å². The third-order valence-corrected chi connectivity index (χ3v) is 3.43. The summed E-state index contributed by atoms with van der Waals surface area (Å²) in [7, 11) is 0. The Morgan fingerprint density at radius 2 is 1.57 bits per heavy atom. The molecule has 0 bridgehead atoms. The topological polar surface area (TPSA) is 61.0 Å². The van der Waals surface area contributed by atoms with Crippen LogP contribution in [0.25, 0.3) is 0 Å². The largest absolute Gasteiger partial charge is 0.439 e. The maximum Gasteiger partial charge on any atom is 0.227 e. The predicted octanol–water partition coefficient (Wildman–Crippen LogP) is 4.41. The van der Waals surface area contributed by atoms with Crippen LogP contribution in [0, 0.1) is 6.92 Å². The average Bonchev–Trinajstić information content (AvgIpc) is 2.44. The first-order chi connectivity index (χ1) is 9.88. The first kappa shape index (κ1) is 15.3. The van der Waals surface area contributed by atoms with E-state index in [1.54, 1.807) is 0 Å². The zero-order valence-corrected chi connectivity index (χ0v) is 13.3. The van der Waals surface area contributed by atoms with Gasteiger partial charge in [-0.2, -0.15) is 4.98 Å². The number of anilines is 1. The highest BCUT2D eigenvalue weighted by atomic mass is 16.5. The van der Waals surface area contributed by atoms with Crippen LogP contribution in [0.1, 0.15) is 56.5 Å². The average molecular weight is 285 g/mol. The molecule has 1 aromatic carbocycles. The normalized spacial score (nSPS) is 11.2. The van der Waals surface area contributed by atoms with Crippen LogP contribution in [0.5, 0.6) is 11.6 Å². The molecule has 0 aliphatic heterocycles. The molecule has 1 heterocycles. The summed E-state index contributed by atoms with van der Waals surface area (Å²) in [6.07, 6.45) is 0. The van der Waals surface area contributed by atoms with Crippen molar-refractivity contribution in [2.75, 3.05) is 5.73 Å². The lowest BCUT2D eigenvalue weighted by molar-refractivity contribution is 0.453. The number of ether oxygens (including phenoxy) is 1. The zero-order valence-electron chi connectivity index (χ0n) is 13.3. The van der Waals surface area contributed by atoms with Crippen LogP contribution >= 0.6 is 0 Å². The van der Waals surface area contributed by atoms with Gasteiger partial charge in [0, 0.05) is 5.92 Å². The van der Waals surface area contributed by atoms with Crippen LogP contribution < -0.4 is 10.5 Å². The van der Waals surface area contributed by atoms with Crippen molar-refractivity contribution in [2.45, 2.75) is 46.5 Å². The van der Waals surface area contributed by atoms with Crippen LogP contribution in [-0.4, -0.2) is 9.97 Å². The molecule has 0 spiro atoms. The van der Waals surface area contributed by atoms with Crippen molar-refractivity contribution in [1.29, 1.82) is 0 Å². The van der Waals surface area contributed by atoms with Crippen molar-refractivity contribution >= 4 is 5.82 Å². The number of hydrogen-bond donors (Lipinski definition) is 1. The van der Waals surface area contributed by atoms with Crippen molar-refractivity contribution < 1.29 is 4.74 Å². The van der Waals surface area contributed by atoms with Crippen LogP contribution in [0.15, 0.2) is 24.3 Å². The van der Waals surface area contributed by atoms with E-state index in [-0.39, 0.29) is 5.92 Å². The van der Waals surface area contributed by atoms with Gasteiger partial charge in [0.2, 0.25) is 5.88 Å². The Labute approximate surface area is 126 Å².